The van der Waals surface area contributed by atoms with Crippen LogP contribution in [-0.4, -0.2) is 28.4 Å². The molecule has 2 heterocycles. The SMILES string of the molecule is CCCCCOc1cccc(C2C(=C(O)c3ccc(Cl)cc3)C(=O)C(=O)N2c2nccs2)c1. The van der Waals surface area contributed by atoms with Crippen molar-refractivity contribution < 1.29 is 19.4 Å². The Morgan fingerprint density at radius 3 is 2.67 bits per heavy atom. The number of anilines is 1. The lowest BCUT2D eigenvalue weighted by Crippen LogP contribution is -2.29. The summed E-state index contributed by atoms with van der Waals surface area (Å²) in [6, 6.07) is 12.9. The van der Waals surface area contributed by atoms with Gasteiger partial charge in [0.25, 0.3) is 5.78 Å². The van der Waals surface area contributed by atoms with E-state index in [0.29, 0.717) is 33.6 Å². The number of aliphatic hydroxyl groups excluding tert-OH is 1. The van der Waals surface area contributed by atoms with Gasteiger partial charge in [0.05, 0.1) is 18.2 Å². The van der Waals surface area contributed by atoms with Gasteiger partial charge in [-0.25, -0.2) is 4.98 Å². The van der Waals surface area contributed by atoms with Gasteiger partial charge in [-0.05, 0) is 48.4 Å². The first-order chi connectivity index (χ1) is 16.0. The summed E-state index contributed by atoms with van der Waals surface area (Å²) in [6.07, 6.45) is 4.68. The lowest BCUT2D eigenvalue weighted by Gasteiger charge is -2.23. The number of aliphatic hydroxyl groups is 1. The summed E-state index contributed by atoms with van der Waals surface area (Å²) in [7, 11) is 0. The summed E-state index contributed by atoms with van der Waals surface area (Å²) < 4.78 is 5.89. The van der Waals surface area contributed by atoms with Crippen LogP contribution in [0.1, 0.15) is 43.4 Å². The van der Waals surface area contributed by atoms with Gasteiger partial charge in [-0.2, -0.15) is 0 Å². The average Bonchev–Trinajstić information content (AvgIpc) is 3.44. The van der Waals surface area contributed by atoms with E-state index in [4.69, 9.17) is 16.3 Å². The molecule has 1 aliphatic rings. The van der Waals surface area contributed by atoms with E-state index in [0.717, 1.165) is 19.3 Å². The number of thiazole rings is 1. The lowest BCUT2D eigenvalue weighted by molar-refractivity contribution is -0.132. The quantitative estimate of drug-likeness (QED) is 0.184. The molecule has 1 unspecified atom stereocenters. The highest BCUT2D eigenvalue weighted by atomic mass is 35.5. The van der Waals surface area contributed by atoms with Crippen molar-refractivity contribution in [1.82, 2.24) is 4.98 Å². The Hall–Kier alpha value is -3.16. The van der Waals surface area contributed by atoms with Gasteiger partial charge in [-0.3, -0.25) is 14.5 Å². The predicted molar refractivity (Wildman–Crippen MR) is 130 cm³/mol. The zero-order valence-corrected chi connectivity index (χ0v) is 19.6. The number of hydrogen-bond acceptors (Lipinski definition) is 6. The number of ketones is 1. The maximum Gasteiger partial charge on any atom is 0.301 e. The number of amides is 1. The summed E-state index contributed by atoms with van der Waals surface area (Å²) in [5.74, 6) is -1.13. The zero-order chi connectivity index (χ0) is 23.4. The first-order valence-electron chi connectivity index (χ1n) is 10.7. The Morgan fingerprint density at radius 1 is 1.18 bits per heavy atom. The summed E-state index contributed by atoms with van der Waals surface area (Å²) >= 11 is 7.22. The fourth-order valence-corrected chi connectivity index (χ4v) is 4.55. The minimum Gasteiger partial charge on any atom is -0.507 e. The molecule has 3 aromatic rings. The molecule has 33 heavy (non-hydrogen) atoms. The van der Waals surface area contributed by atoms with Crippen LogP contribution in [0.5, 0.6) is 5.75 Å². The smallest absolute Gasteiger partial charge is 0.301 e. The van der Waals surface area contributed by atoms with Gasteiger partial charge in [0, 0.05) is 22.2 Å². The van der Waals surface area contributed by atoms with Gasteiger partial charge in [-0.1, -0.05) is 43.5 Å². The molecule has 2 aromatic carbocycles. The summed E-state index contributed by atoms with van der Waals surface area (Å²) in [5, 5.41) is 13.7. The van der Waals surface area contributed by atoms with E-state index in [9.17, 15) is 14.7 Å². The van der Waals surface area contributed by atoms with E-state index >= 15 is 0 Å². The Morgan fingerprint density at radius 2 is 1.97 bits per heavy atom. The van der Waals surface area contributed by atoms with Crippen LogP contribution in [-0.2, 0) is 9.59 Å². The first kappa shape index (κ1) is 23.0. The summed E-state index contributed by atoms with van der Waals surface area (Å²) in [4.78, 5) is 31.8. The van der Waals surface area contributed by atoms with Crippen molar-refractivity contribution in [2.75, 3.05) is 11.5 Å². The third-order valence-electron chi connectivity index (χ3n) is 5.38. The van der Waals surface area contributed by atoms with Crippen LogP contribution in [0.25, 0.3) is 5.76 Å². The maximum absolute atomic E-state index is 13.1. The van der Waals surface area contributed by atoms with Crippen molar-refractivity contribution in [1.29, 1.82) is 0 Å². The van der Waals surface area contributed by atoms with Crippen molar-refractivity contribution in [2.45, 2.75) is 32.2 Å². The van der Waals surface area contributed by atoms with E-state index in [-0.39, 0.29) is 11.3 Å². The van der Waals surface area contributed by atoms with Crippen molar-refractivity contribution >= 4 is 45.5 Å². The van der Waals surface area contributed by atoms with Crippen LogP contribution >= 0.6 is 22.9 Å². The second-order valence-corrected chi connectivity index (χ2v) is 8.93. The molecule has 0 spiro atoms. The monoisotopic (exact) mass is 482 g/mol. The van der Waals surface area contributed by atoms with E-state index < -0.39 is 17.7 Å². The van der Waals surface area contributed by atoms with Gasteiger partial charge in [0.2, 0.25) is 0 Å². The number of aromatic nitrogens is 1. The average molecular weight is 483 g/mol. The van der Waals surface area contributed by atoms with E-state index in [1.807, 2.05) is 18.2 Å². The van der Waals surface area contributed by atoms with E-state index in [1.54, 1.807) is 41.9 Å². The second-order valence-electron chi connectivity index (χ2n) is 7.62. The maximum atomic E-state index is 13.1. The fraction of sp³-hybridized carbons (Fsp3) is 0.240. The van der Waals surface area contributed by atoms with Gasteiger partial charge >= 0.3 is 5.91 Å². The molecule has 0 radical (unpaired) electrons. The Labute approximate surface area is 201 Å². The van der Waals surface area contributed by atoms with E-state index in [2.05, 4.69) is 11.9 Å². The summed E-state index contributed by atoms with van der Waals surface area (Å²) in [6.45, 7) is 2.71. The minimum atomic E-state index is -0.842. The summed E-state index contributed by atoms with van der Waals surface area (Å²) in [5.41, 5.74) is 1.04. The molecule has 1 atom stereocenters. The number of ether oxygens (including phenoxy) is 1. The molecule has 1 N–H and O–H groups in total. The largest absolute Gasteiger partial charge is 0.507 e. The van der Waals surface area contributed by atoms with Crippen LogP contribution in [0.2, 0.25) is 5.02 Å². The number of Topliss-reactive ketones (excluding diaryl/α,β-unsaturated/α-hetero) is 1. The molecule has 6 nitrogen and oxygen atoms in total. The standard InChI is InChI=1S/C25H23ClN2O4S/c1-2-3-4-13-32-19-7-5-6-17(15-19)21-20(22(29)16-8-10-18(26)11-9-16)23(30)24(31)28(21)25-27-12-14-33-25/h5-12,14-15,21,29H,2-4,13H2,1H3. The third kappa shape index (κ3) is 4.79. The lowest BCUT2D eigenvalue weighted by atomic mass is 9.95. The molecule has 1 amide bonds. The molecule has 1 fully saturated rings. The normalized spacial score (nSPS) is 17.5. The highest BCUT2D eigenvalue weighted by Gasteiger charge is 2.48. The highest BCUT2D eigenvalue weighted by molar-refractivity contribution is 7.14. The van der Waals surface area contributed by atoms with Gasteiger partial charge in [0.15, 0.2) is 5.13 Å². The number of carbonyl (C=O) groups excluding carboxylic acids is 2. The molecule has 0 saturated carbocycles. The number of halogens is 1. The molecule has 1 aromatic heterocycles. The third-order valence-corrected chi connectivity index (χ3v) is 6.40. The van der Waals surface area contributed by atoms with Gasteiger partial charge in [0.1, 0.15) is 11.5 Å². The van der Waals surface area contributed by atoms with Crippen molar-refractivity contribution in [3.05, 3.63) is 81.8 Å². The molecule has 4 rings (SSSR count). The minimum absolute atomic E-state index is 0.000607. The molecule has 0 bridgehead atoms. The fourth-order valence-electron chi connectivity index (χ4n) is 3.76. The number of rotatable bonds is 8. The number of carbonyl (C=O) groups is 2. The molecule has 170 valence electrons. The van der Waals surface area contributed by atoms with Crippen molar-refractivity contribution in [3.8, 4) is 5.75 Å². The zero-order valence-electron chi connectivity index (χ0n) is 18.0. The van der Waals surface area contributed by atoms with E-state index in [1.165, 1.54) is 16.2 Å². The topological polar surface area (TPSA) is 79.7 Å². The number of benzene rings is 2. The molecule has 1 saturated heterocycles. The van der Waals surface area contributed by atoms with Crippen molar-refractivity contribution in [2.24, 2.45) is 0 Å². The Balaban J connectivity index is 1.80. The van der Waals surface area contributed by atoms with Crippen molar-refractivity contribution in [3.63, 3.8) is 0 Å². The molecular weight excluding hydrogens is 460 g/mol. The molecule has 8 heteroatoms. The molecule has 0 aliphatic carbocycles. The van der Waals surface area contributed by atoms with Crippen LogP contribution in [0, 0.1) is 0 Å². The molecular formula is C25H23ClN2O4S. The Kier molecular flexibility index (Phi) is 7.11. The number of hydrogen-bond donors (Lipinski definition) is 1. The van der Waals surface area contributed by atoms with Crippen LogP contribution < -0.4 is 9.64 Å². The van der Waals surface area contributed by atoms with Crippen LogP contribution in [0.3, 0.4) is 0 Å². The number of nitrogens with zero attached hydrogens (tertiary/aromatic N) is 2. The predicted octanol–water partition coefficient (Wildman–Crippen LogP) is 5.99. The van der Waals surface area contributed by atoms with Gasteiger partial charge < -0.3 is 9.84 Å². The number of unbranched alkanes of at least 4 members (excludes halogenated alkanes) is 2. The first-order valence-corrected chi connectivity index (χ1v) is 12.0. The Bertz CT molecular complexity index is 1180. The van der Waals surface area contributed by atoms with Gasteiger partial charge in [-0.15, -0.1) is 11.3 Å². The van der Waals surface area contributed by atoms with Crippen LogP contribution in [0.15, 0.2) is 65.7 Å². The highest BCUT2D eigenvalue weighted by Crippen LogP contribution is 2.43. The molecule has 1 aliphatic heterocycles. The van der Waals surface area contributed by atoms with Crippen LogP contribution in [0.4, 0.5) is 5.13 Å². The second kappa shape index (κ2) is 10.2.